The summed E-state index contributed by atoms with van der Waals surface area (Å²) < 4.78 is 17.1. The minimum absolute atomic E-state index is 0.0384. The highest BCUT2D eigenvalue weighted by molar-refractivity contribution is 5.74. The fourth-order valence-corrected chi connectivity index (χ4v) is 6.62. The summed E-state index contributed by atoms with van der Waals surface area (Å²) in [5, 5.41) is 41.6. The molecule has 1 heterocycles. The van der Waals surface area contributed by atoms with E-state index < -0.39 is 59.2 Å². The highest BCUT2D eigenvalue weighted by atomic mass is 16.6. The van der Waals surface area contributed by atoms with Gasteiger partial charge in [0.25, 0.3) is 0 Å². The zero-order valence-corrected chi connectivity index (χ0v) is 23.4. The molecule has 0 spiro atoms. The van der Waals surface area contributed by atoms with Gasteiger partial charge >= 0.3 is 17.9 Å². The average Bonchev–Trinajstić information content (AvgIpc) is 3.28. The maximum atomic E-state index is 12.4. The monoisotopic (exact) mass is 540 g/mol. The number of ether oxygens (including phenoxy) is 3. The van der Waals surface area contributed by atoms with Crippen LogP contribution in [0.2, 0.25) is 0 Å². The summed E-state index contributed by atoms with van der Waals surface area (Å²) in [6, 6.07) is 0. The summed E-state index contributed by atoms with van der Waals surface area (Å²) in [7, 11) is 0. The minimum Gasteiger partial charge on any atom is -0.481 e. The molecule has 0 aromatic carbocycles. The molecule has 8 atom stereocenters. The lowest BCUT2D eigenvalue weighted by atomic mass is 9.67. The highest BCUT2D eigenvalue weighted by Crippen LogP contribution is 2.58. The molecule has 4 N–H and O–H groups in total. The van der Waals surface area contributed by atoms with Crippen molar-refractivity contribution < 1.29 is 49.0 Å². The van der Waals surface area contributed by atoms with Gasteiger partial charge in [-0.15, -0.1) is 0 Å². The molecule has 2 fully saturated rings. The van der Waals surface area contributed by atoms with E-state index in [9.17, 15) is 29.7 Å². The Hall–Kier alpha value is -2.01. The molecule has 216 valence electrons. The standard InChI is InChI=1S/C28H44O10/c1-16(29)37-25(2,3)18-9-10-27(5)19(18)12-22-28(6,38-22)20(30)8-7-17(11-21(27)31)15-36-24(34)14-26(4,35)13-23(32)33/h11,18-22,30-31,35H,7-10,12-15H2,1-6H3,(H,32,33)/b17-11+/t18-,19+,20+,21+,22+,26?,27+,28+/m1/s1. The molecule has 0 bridgehead atoms. The van der Waals surface area contributed by atoms with Crippen LogP contribution >= 0.6 is 0 Å². The number of rotatable bonds is 8. The Morgan fingerprint density at radius 3 is 2.39 bits per heavy atom. The third-order valence-electron chi connectivity index (χ3n) is 9.02. The van der Waals surface area contributed by atoms with Crippen molar-refractivity contribution in [3.63, 3.8) is 0 Å². The number of hydrogen-bond donors (Lipinski definition) is 4. The van der Waals surface area contributed by atoms with Gasteiger partial charge in [-0.2, -0.15) is 0 Å². The largest absolute Gasteiger partial charge is 0.481 e. The van der Waals surface area contributed by atoms with Gasteiger partial charge in [-0.3, -0.25) is 14.4 Å². The third kappa shape index (κ3) is 6.76. The highest BCUT2D eigenvalue weighted by Gasteiger charge is 2.62. The van der Waals surface area contributed by atoms with E-state index >= 15 is 0 Å². The Kier molecular flexibility index (Phi) is 8.73. The molecule has 1 aliphatic heterocycles. The summed E-state index contributed by atoms with van der Waals surface area (Å²) in [6.07, 6.45) is 1.47. The molecule has 1 unspecified atom stereocenters. The normalized spacial score (nSPS) is 38.3. The van der Waals surface area contributed by atoms with Crippen LogP contribution in [0.3, 0.4) is 0 Å². The molecule has 0 amide bonds. The van der Waals surface area contributed by atoms with E-state index in [0.717, 1.165) is 6.42 Å². The Morgan fingerprint density at radius 2 is 1.79 bits per heavy atom. The molecular weight excluding hydrogens is 496 g/mol. The van der Waals surface area contributed by atoms with Crippen molar-refractivity contribution in [2.24, 2.45) is 17.3 Å². The first-order valence-corrected chi connectivity index (χ1v) is 13.4. The van der Waals surface area contributed by atoms with Crippen LogP contribution in [-0.2, 0) is 28.6 Å². The van der Waals surface area contributed by atoms with Gasteiger partial charge in [-0.25, -0.2) is 0 Å². The Bertz CT molecular complexity index is 955. The number of fused-ring (bicyclic) bond motifs is 2. The molecule has 2 aliphatic carbocycles. The average molecular weight is 541 g/mol. The number of aliphatic hydroxyl groups is 3. The van der Waals surface area contributed by atoms with Crippen molar-refractivity contribution in [2.45, 2.75) is 122 Å². The topological polar surface area (TPSA) is 163 Å². The van der Waals surface area contributed by atoms with Gasteiger partial charge in [0.05, 0.1) is 36.8 Å². The molecular formula is C28H44O10. The van der Waals surface area contributed by atoms with E-state index in [4.69, 9.17) is 19.3 Å². The Morgan fingerprint density at radius 1 is 1.13 bits per heavy atom. The summed E-state index contributed by atoms with van der Waals surface area (Å²) in [5.74, 6) is -2.46. The minimum atomic E-state index is -1.75. The van der Waals surface area contributed by atoms with Gasteiger partial charge in [-0.05, 0) is 71.3 Å². The molecule has 1 saturated heterocycles. The first-order valence-electron chi connectivity index (χ1n) is 13.4. The van der Waals surface area contributed by atoms with Crippen molar-refractivity contribution in [1.29, 1.82) is 0 Å². The van der Waals surface area contributed by atoms with E-state index in [1.165, 1.54) is 13.8 Å². The second kappa shape index (κ2) is 10.9. The van der Waals surface area contributed by atoms with Gasteiger partial charge in [-0.1, -0.05) is 13.0 Å². The molecule has 10 heteroatoms. The van der Waals surface area contributed by atoms with Gasteiger partial charge in [0.1, 0.15) is 17.8 Å². The zero-order chi connectivity index (χ0) is 28.7. The van der Waals surface area contributed by atoms with Gasteiger partial charge in [0.15, 0.2) is 0 Å². The number of carboxylic acid groups (broad SMARTS) is 1. The van der Waals surface area contributed by atoms with Crippen LogP contribution < -0.4 is 0 Å². The quantitative estimate of drug-likeness (QED) is 0.204. The predicted molar refractivity (Wildman–Crippen MR) is 136 cm³/mol. The van der Waals surface area contributed by atoms with Crippen molar-refractivity contribution in [3.8, 4) is 0 Å². The van der Waals surface area contributed by atoms with E-state index in [1.54, 1.807) is 6.08 Å². The van der Waals surface area contributed by atoms with E-state index in [1.807, 2.05) is 27.7 Å². The molecule has 0 aromatic heterocycles. The van der Waals surface area contributed by atoms with E-state index in [-0.39, 0.29) is 30.5 Å². The lowest BCUT2D eigenvalue weighted by Crippen LogP contribution is -2.45. The summed E-state index contributed by atoms with van der Waals surface area (Å²) in [6.45, 7) is 10.2. The van der Waals surface area contributed by atoms with Crippen LogP contribution in [0.25, 0.3) is 0 Å². The van der Waals surface area contributed by atoms with Crippen molar-refractivity contribution >= 4 is 17.9 Å². The van der Waals surface area contributed by atoms with Gasteiger partial charge in [0, 0.05) is 18.3 Å². The predicted octanol–water partition coefficient (Wildman–Crippen LogP) is 2.51. The van der Waals surface area contributed by atoms with Crippen LogP contribution in [0, 0.1) is 17.3 Å². The first kappa shape index (κ1) is 30.5. The smallest absolute Gasteiger partial charge is 0.309 e. The fraction of sp³-hybridized carbons (Fsp3) is 0.821. The lowest BCUT2D eigenvalue weighted by Gasteiger charge is -2.42. The van der Waals surface area contributed by atoms with Crippen LogP contribution in [0.15, 0.2) is 11.6 Å². The number of carbonyl (C=O) groups is 3. The van der Waals surface area contributed by atoms with Crippen molar-refractivity contribution in [3.05, 3.63) is 11.6 Å². The Balaban J connectivity index is 1.84. The number of aliphatic carboxylic acids is 1. The number of hydrogen-bond acceptors (Lipinski definition) is 9. The number of carbonyl (C=O) groups excluding carboxylic acids is 2. The van der Waals surface area contributed by atoms with Gasteiger partial charge in [0.2, 0.25) is 0 Å². The molecule has 1 saturated carbocycles. The molecule has 10 nitrogen and oxygen atoms in total. The van der Waals surface area contributed by atoms with Crippen LogP contribution in [0.4, 0.5) is 0 Å². The third-order valence-corrected chi connectivity index (χ3v) is 9.02. The maximum Gasteiger partial charge on any atom is 0.309 e. The van der Waals surface area contributed by atoms with Crippen molar-refractivity contribution in [1.82, 2.24) is 0 Å². The maximum absolute atomic E-state index is 12.4. The number of aliphatic hydroxyl groups excluding tert-OH is 2. The summed E-state index contributed by atoms with van der Waals surface area (Å²) >= 11 is 0. The molecule has 0 radical (unpaired) electrons. The number of carboxylic acids is 1. The zero-order valence-electron chi connectivity index (χ0n) is 23.4. The molecule has 3 aliphatic rings. The second-order valence-corrected chi connectivity index (χ2v) is 12.7. The molecule has 0 aromatic rings. The SMILES string of the molecule is CC(=O)OC(C)(C)[C@@H]1CC[C@]2(C)[C@@H](O)/C=C(/COC(=O)CC(C)(O)CC(=O)O)CC[C@H](O)[C@]3(C)O[C@H]3C[C@@H]12. The second-order valence-electron chi connectivity index (χ2n) is 12.7. The van der Waals surface area contributed by atoms with Crippen LogP contribution in [0.5, 0.6) is 0 Å². The summed E-state index contributed by atoms with van der Waals surface area (Å²) in [5.41, 5.74) is -3.19. The number of epoxide rings is 1. The van der Waals surface area contributed by atoms with E-state index in [2.05, 4.69) is 0 Å². The van der Waals surface area contributed by atoms with E-state index in [0.29, 0.717) is 31.3 Å². The Labute approximate surface area is 224 Å². The van der Waals surface area contributed by atoms with Crippen LogP contribution in [0.1, 0.15) is 86.5 Å². The number of esters is 2. The molecule has 38 heavy (non-hydrogen) atoms. The molecule has 3 rings (SSSR count). The fourth-order valence-electron chi connectivity index (χ4n) is 6.62. The van der Waals surface area contributed by atoms with Crippen LogP contribution in [-0.4, -0.2) is 80.1 Å². The van der Waals surface area contributed by atoms with Gasteiger partial charge < -0.3 is 34.6 Å². The lowest BCUT2D eigenvalue weighted by molar-refractivity contribution is -0.162. The summed E-state index contributed by atoms with van der Waals surface area (Å²) in [4.78, 5) is 35.2. The first-order chi connectivity index (χ1) is 17.4. The van der Waals surface area contributed by atoms with Crippen molar-refractivity contribution in [2.75, 3.05) is 6.61 Å².